The molecule has 3 aliphatic rings. The quantitative estimate of drug-likeness (QED) is 0.580. The van der Waals surface area contributed by atoms with Gasteiger partial charge in [-0.1, -0.05) is 11.6 Å². The van der Waals surface area contributed by atoms with E-state index in [-0.39, 0.29) is 22.9 Å². The maximum absolute atomic E-state index is 13.5. The standard InChI is InChI=1S/C24H36ClN3O5S/c1-23(2,17-29)27-14-12-26(13-15-27)22(31)16-24(10-11-24)20-4-3-5-21(30)28(20)34(32,33)19-8-6-18(25)7-9-19/h6-9,20-21,29-30H,3-5,10-17H2,1-2H3/t20-,21-/m1/s1. The van der Waals surface area contributed by atoms with Gasteiger partial charge in [0.25, 0.3) is 0 Å². The van der Waals surface area contributed by atoms with Gasteiger partial charge in [-0.3, -0.25) is 9.69 Å². The third-order valence-corrected chi connectivity index (χ3v) is 10.1. The fourth-order valence-electron chi connectivity index (χ4n) is 5.45. The number of aliphatic hydroxyl groups is 2. The Morgan fingerprint density at radius 3 is 2.29 bits per heavy atom. The average molecular weight is 514 g/mol. The Kier molecular flexibility index (Phi) is 7.35. The van der Waals surface area contributed by atoms with E-state index in [0.717, 1.165) is 19.3 Å². The fraction of sp³-hybridized carbons (Fsp3) is 0.708. The highest BCUT2D eigenvalue weighted by atomic mass is 35.5. The molecule has 0 radical (unpaired) electrons. The number of hydrogen-bond acceptors (Lipinski definition) is 6. The summed E-state index contributed by atoms with van der Waals surface area (Å²) in [5.74, 6) is 0.0443. The predicted molar refractivity (Wildman–Crippen MR) is 130 cm³/mol. The Hall–Kier alpha value is -1.23. The zero-order chi connectivity index (χ0) is 24.7. The lowest BCUT2D eigenvalue weighted by Gasteiger charge is -2.45. The van der Waals surface area contributed by atoms with Gasteiger partial charge in [-0.15, -0.1) is 0 Å². The van der Waals surface area contributed by atoms with Gasteiger partial charge in [0, 0.05) is 49.2 Å². The molecule has 1 aromatic carbocycles. The number of piperidine rings is 1. The van der Waals surface area contributed by atoms with E-state index in [1.54, 1.807) is 0 Å². The summed E-state index contributed by atoms with van der Waals surface area (Å²) in [7, 11) is -3.94. The molecule has 0 aromatic heterocycles. The average Bonchev–Trinajstić information content (AvgIpc) is 3.59. The lowest BCUT2D eigenvalue weighted by atomic mass is 9.85. The highest BCUT2D eigenvalue weighted by Crippen LogP contribution is 2.57. The number of piperazine rings is 1. The molecule has 190 valence electrons. The van der Waals surface area contributed by atoms with Crippen molar-refractivity contribution in [2.24, 2.45) is 5.41 Å². The number of sulfonamides is 1. The molecule has 2 N–H and O–H groups in total. The second-order valence-electron chi connectivity index (χ2n) is 10.6. The summed E-state index contributed by atoms with van der Waals surface area (Å²) >= 11 is 5.95. The van der Waals surface area contributed by atoms with Crippen molar-refractivity contribution >= 4 is 27.5 Å². The fourth-order valence-corrected chi connectivity index (χ4v) is 7.39. The van der Waals surface area contributed by atoms with Gasteiger partial charge in [0.2, 0.25) is 15.9 Å². The zero-order valence-electron chi connectivity index (χ0n) is 20.0. The zero-order valence-corrected chi connectivity index (χ0v) is 21.6. The smallest absolute Gasteiger partial charge is 0.245 e. The summed E-state index contributed by atoms with van der Waals surface area (Å²) in [4.78, 5) is 17.4. The summed E-state index contributed by atoms with van der Waals surface area (Å²) in [5.41, 5.74) is -0.749. The van der Waals surface area contributed by atoms with Crippen molar-refractivity contribution in [1.82, 2.24) is 14.1 Å². The molecule has 8 nitrogen and oxygen atoms in total. The van der Waals surface area contributed by atoms with Crippen LogP contribution in [0.15, 0.2) is 29.2 Å². The Bertz CT molecular complexity index is 988. The van der Waals surface area contributed by atoms with E-state index in [2.05, 4.69) is 4.90 Å². The molecule has 0 spiro atoms. The van der Waals surface area contributed by atoms with Gasteiger partial charge >= 0.3 is 0 Å². The first-order valence-corrected chi connectivity index (χ1v) is 13.9. The van der Waals surface area contributed by atoms with E-state index in [9.17, 15) is 23.4 Å². The molecule has 2 heterocycles. The maximum Gasteiger partial charge on any atom is 0.245 e. The summed E-state index contributed by atoms with van der Waals surface area (Å²) in [6.07, 6.45) is 2.49. The van der Waals surface area contributed by atoms with E-state index in [1.165, 1.54) is 28.6 Å². The molecule has 1 aromatic rings. The number of aliphatic hydroxyl groups excluding tert-OH is 2. The number of carbonyl (C=O) groups is 1. The second-order valence-corrected chi connectivity index (χ2v) is 12.9. The molecule has 2 aliphatic heterocycles. The SMILES string of the molecule is CC(C)(CO)N1CCN(C(=O)CC2([C@H]3CCC[C@@H](O)N3S(=O)(=O)c3ccc(Cl)cc3)CC2)CC1. The van der Waals surface area contributed by atoms with Crippen LogP contribution in [0.2, 0.25) is 5.02 Å². The molecule has 34 heavy (non-hydrogen) atoms. The summed E-state index contributed by atoms with van der Waals surface area (Å²) in [5, 5.41) is 20.9. The molecule has 1 amide bonds. The number of carbonyl (C=O) groups excluding carboxylic acids is 1. The minimum Gasteiger partial charge on any atom is -0.394 e. The minimum absolute atomic E-state index is 0.0443. The molecule has 1 aliphatic carbocycles. The minimum atomic E-state index is -3.94. The largest absolute Gasteiger partial charge is 0.394 e. The van der Waals surface area contributed by atoms with E-state index in [1.807, 2.05) is 18.7 Å². The Morgan fingerprint density at radius 2 is 1.74 bits per heavy atom. The molecular weight excluding hydrogens is 478 g/mol. The normalized spacial score (nSPS) is 26.4. The van der Waals surface area contributed by atoms with Crippen LogP contribution in [0, 0.1) is 5.41 Å². The van der Waals surface area contributed by atoms with Crippen LogP contribution in [-0.2, 0) is 14.8 Å². The molecule has 10 heteroatoms. The molecule has 2 saturated heterocycles. The lowest BCUT2D eigenvalue weighted by Crippen LogP contribution is -2.58. The number of nitrogens with zero attached hydrogens (tertiary/aromatic N) is 3. The van der Waals surface area contributed by atoms with E-state index >= 15 is 0 Å². The van der Waals surface area contributed by atoms with Crippen LogP contribution < -0.4 is 0 Å². The van der Waals surface area contributed by atoms with E-state index in [0.29, 0.717) is 50.5 Å². The molecule has 4 rings (SSSR count). The molecule has 3 fully saturated rings. The molecule has 2 atom stereocenters. The van der Waals surface area contributed by atoms with Gasteiger partial charge in [0.1, 0.15) is 6.23 Å². The van der Waals surface area contributed by atoms with Crippen LogP contribution in [-0.4, -0.2) is 89.2 Å². The molecule has 0 bridgehead atoms. The van der Waals surface area contributed by atoms with Crippen molar-refractivity contribution in [1.29, 1.82) is 0 Å². The number of halogens is 1. The van der Waals surface area contributed by atoms with Crippen molar-refractivity contribution < 1.29 is 23.4 Å². The van der Waals surface area contributed by atoms with E-state index in [4.69, 9.17) is 11.6 Å². The van der Waals surface area contributed by atoms with Crippen molar-refractivity contribution in [3.05, 3.63) is 29.3 Å². The highest BCUT2D eigenvalue weighted by Gasteiger charge is 2.57. The van der Waals surface area contributed by atoms with Crippen LogP contribution in [0.4, 0.5) is 0 Å². The van der Waals surface area contributed by atoms with Crippen LogP contribution in [0.3, 0.4) is 0 Å². The van der Waals surface area contributed by atoms with Gasteiger partial charge < -0.3 is 15.1 Å². The second kappa shape index (κ2) is 9.67. The Morgan fingerprint density at radius 1 is 1.12 bits per heavy atom. The lowest BCUT2D eigenvalue weighted by molar-refractivity contribution is -0.136. The van der Waals surface area contributed by atoms with Gasteiger partial charge in [-0.05, 0) is 75.6 Å². The number of amides is 1. The van der Waals surface area contributed by atoms with E-state index < -0.39 is 27.7 Å². The van der Waals surface area contributed by atoms with Crippen LogP contribution in [0.5, 0.6) is 0 Å². The molecule has 0 unspecified atom stereocenters. The van der Waals surface area contributed by atoms with Crippen molar-refractivity contribution in [3.8, 4) is 0 Å². The third-order valence-electron chi connectivity index (χ3n) is 7.91. The van der Waals surface area contributed by atoms with Crippen molar-refractivity contribution in [2.75, 3.05) is 32.8 Å². The molecular formula is C24H36ClN3O5S. The predicted octanol–water partition coefficient (Wildman–Crippen LogP) is 2.29. The summed E-state index contributed by atoms with van der Waals surface area (Å²) in [6, 6.07) is 5.60. The monoisotopic (exact) mass is 513 g/mol. The highest BCUT2D eigenvalue weighted by molar-refractivity contribution is 7.89. The number of hydrogen-bond donors (Lipinski definition) is 2. The van der Waals surface area contributed by atoms with Gasteiger partial charge in [-0.25, -0.2) is 8.42 Å². The summed E-state index contributed by atoms with van der Waals surface area (Å²) < 4.78 is 28.3. The summed E-state index contributed by atoms with van der Waals surface area (Å²) in [6.45, 7) is 6.64. The number of rotatable bonds is 7. The van der Waals surface area contributed by atoms with Gasteiger partial charge in [-0.2, -0.15) is 4.31 Å². The first-order valence-electron chi connectivity index (χ1n) is 12.1. The van der Waals surface area contributed by atoms with Gasteiger partial charge in [0.15, 0.2) is 0 Å². The maximum atomic E-state index is 13.5. The van der Waals surface area contributed by atoms with Crippen LogP contribution >= 0.6 is 11.6 Å². The third kappa shape index (κ3) is 5.01. The number of benzene rings is 1. The Labute approximate surface area is 207 Å². The van der Waals surface area contributed by atoms with Crippen molar-refractivity contribution in [2.45, 2.75) is 75.1 Å². The van der Waals surface area contributed by atoms with Crippen LogP contribution in [0.25, 0.3) is 0 Å². The van der Waals surface area contributed by atoms with Crippen LogP contribution in [0.1, 0.15) is 52.4 Å². The first-order chi connectivity index (χ1) is 16.0. The van der Waals surface area contributed by atoms with Gasteiger partial charge in [0.05, 0.1) is 11.5 Å². The molecule has 1 saturated carbocycles. The Balaban J connectivity index is 1.49. The first kappa shape index (κ1) is 25.9. The van der Waals surface area contributed by atoms with Crippen molar-refractivity contribution in [3.63, 3.8) is 0 Å². The topological polar surface area (TPSA) is 101 Å².